The van der Waals surface area contributed by atoms with Gasteiger partial charge in [-0.25, -0.2) is 4.39 Å². The Morgan fingerprint density at radius 3 is 2.95 bits per heavy atom. The van der Waals surface area contributed by atoms with E-state index in [-0.39, 0.29) is 12.4 Å². The molecule has 0 spiro atoms. The van der Waals surface area contributed by atoms with E-state index in [1.54, 1.807) is 24.5 Å². The predicted molar refractivity (Wildman–Crippen MR) is 78.4 cm³/mol. The summed E-state index contributed by atoms with van der Waals surface area (Å²) in [5, 5.41) is 8.68. The number of aliphatic hydroxyl groups excluding tert-OH is 1. The van der Waals surface area contributed by atoms with Crippen LogP contribution in [0.3, 0.4) is 0 Å². The molecule has 0 saturated heterocycles. The normalized spacial score (nSPS) is 9.81. The molecule has 4 heteroatoms. The summed E-state index contributed by atoms with van der Waals surface area (Å²) in [6, 6.07) is 8.30. The van der Waals surface area contributed by atoms with Gasteiger partial charge in [0.05, 0.1) is 13.2 Å². The first-order chi connectivity index (χ1) is 10.3. The lowest BCUT2D eigenvalue weighted by Gasteiger charge is -2.07. The topological polar surface area (TPSA) is 42.4 Å². The van der Waals surface area contributed by atoms with Crippen molar-refractivity contribution in [3.05, 3.63) is 59.7 Å². The number of hydrogen-bond acceptors (Lipinski definition) is 3. The van der Waals surface area contributed by atoms with E-state index in [1.807, 2.05) is 12.1 Å². The molecule has 0 radical (unpaired) electrons. The molecule has 0 saturated carbocycles. The van der Waals surface area contributed by atoms with Gasteiger partial charge >= 0.3 is 0 Å². The highest BCUT2D eigenvalue weighted by Crippen LogP contribution is 2.18. The zero-order valence-electron chi connectivity index (χ0n) is 11.6. The molecule has 0 bridgehead atoms. The maximum absolute atomic E-state index is 13.7. The quantitative estimate of drug-likeness (QED) is 0.859. The Labute approximate surface area is 123 Å². The summed E-state index contributed by atoms with van der Waals surface area (Å²) in [7, 11) is 0. The van der Waals surface area contributed by atoms with E-state index in [9.17, 15) is 4.39 Å². The second-order valence-corrected chi connectivity index (χ2v) is 4.38. The first-order valence-electron chi connectivity index (χ1n) is 6.70. The zero-order chi connectivity index (χ0) is 14.9. The second kappa shape index (κ2) is 8.03. The third-order valence-electron chi connectivity index (χ3n) is 2.77. The summed E-state index contributed by atoms with van der Waals surface area (Å²) in [6.45, 7) is 0.388. The van der Waals surface area contributed by atoms with E-state index in [2.05, 4.69) is 16.8 Å². The van der Waals surface area contributed by atoms with Crippen molar-refractivity contribution in [1.82, 2.24) is 4.98 Å². The predicted octanol–water partition coefficient (Wildman–Crippen LogP) is 2.58. The fourth-order valence-corrected chi connectivity index (χ4v) is 1.74. The highest BCUT2D eigenvalue weighted by molar-refractivity contribution is 5.40. The molecule has 1 heterocycles. The van der Waals surface area contributed by atoms with Crippen LogP contribution in [0.25, 0.3) is 0 Å². The van der Waals surface area contributed by atoms with Gasteiger partial charge in [-0.05, 0) is 29.8 Å². The summed E-state index contributed by atoms with van der Waals surface area (Å²) >= 11 is 0. The van der Waals surface area contributed by atoms with Crippen LogP contribution in [0, 0.1) is 17.7 Å². The van der Waals surface area contributed by atoms with E-state index >= 15 is 0 Å². The van der Waals surface area contributed by atoms with E-state index in [1.165, 1.54) is 6.07 Å². The number of aliphatic hydroxyl groups is 1. The smallest absolute Gasteiger partial charge is 0.165 e. The lowest BCUT2D eigenvalue weighted by Crippen LogP contribution is -2.03. The molecule has 21 heavy (non-hydrogen) atoms. The van der Waals surface area contributed by atoms with Gasteiger partial charge in [0.15, 0.2) is 11.6 Å². The van der Waals surface area contributed by atoms with Gasteiger partial charge in [0.2, 0.25) is 0 Å². The molecule has 0 aliphatic rings. The minimum absolute atomic E-state index is 0.0165. The minimum atomic E-state index is -0.408. The van der Waals surface area contributed by atoms with Gasteiger partial charge in [-0.15, -0.1) is 0 Å². The number of hydrogen-bond donors (Lipinski definition) is 1. The molecule has 0 aliphatic carbocycles. The number of benzene rings is 1. The van der Waals surface area contributed by atoms with E-state index in [4.69, 9.17) is 9.84 Å². The third-order valence-corrected chi connectivity index (χ3v) is 2.77. The minimum Gasteiger partial charge on any atom is -0.490 e. The summed E-state index contributed by atoms with van der Waals surface area (Å²) in [5.41, 5.74) is 1.71. The van der Waals surface area contributed by atoms with Crippen molar-refractivity contribution in [1.29, 1.82) is 0 Å². The summed E-state index contributed by atoms with van der Waals surface area (Å²) < 4.78 is 19.1. The molecule has 0 amide bonds. The van der Waals surface area contributed by atoms with Crippen LogP contribution in [0.15, 0.2) is 42.7 Å². The monoisotopic (exact) mass is 285 g/mol. The molecule has 108 valence electrons. The van der Waals surface area contributed by atoms with Crippen LogP contribution in [0.5, 0.6) is 5.75 Å². The highest BCUT2D eigenvalue weighted by Gasteiger charge is 2.04. The maximum atomic E-state index is 13.7. The number of halogens is 1. The molecule has 1 aromatic carbocycles. The molecule has 2 rings (SSSR count). The number of rotatable bonds is 5. The fraction of sp³-hybridized carbons (Fsp3) is 0.235. The Bertz CT molecular complexity index is 632. The molecule has 0 atom stereocenters. The molecule has 3 nitrogen and oxygen atoms in total. The maximum Gasteiger partial charge on any atom is 0.165 e. The second-order valence-electron chi connectivity index (χ2n) is 4.38. The van der Waals surface area contributed by atoms with Crippen molar-refractivity contribution < 1.29 is 14.2 Å². The highest BCUT2D eigenvalue weighted by atomic mass is 19.1. The van der Waals surface area contributed by atoms with Crippen molar-refractivity contribution in [2.45, 2.75) is 12.8 Å². The zero-order valence-corrected chi connectivity index (χ0v) is 11.6. The molecule has 2 aromatic rings. The number of aromatic nitrogens is 1. The summed E-state index contributed by atoms with van der Waals surface area (Å²) in [4.78, 5) is 4.02. The molecular formula is C17H16FNO2. The van der Waals surface area contributed by atoms with Crippen molar-refractivity contribution in [3.63, 3.8) is 0 Å². The van der Waals surface area contributed by atoms with Crippen LogP contribution in [-0.4, -0.2) is 23.3 Å². The summed E-state index contributed by atoms with van der Waals surface area (Å²) in [5.74, 6) is 5.43. The first kappa shape index (κ1) is 15.0. The van der Waals surface area contributed by atoms with Gasteiger partial charge in [-0.3, -0.25) is 4.98 Å². The van der Waals surface area contributed by atoms with E-state index < -0.39 is 5.82 Å². The largest absolute Gasteiger partial charge is 0.490 e. The van der Waals surface area contributed by atoms with Gasteiger partial charge in [-0.2, -0.15) is 0 Å². The lowest BCUT2D eigenvalue weighted by atomic mass is 10.2. The van der Waals surface area contributed by atoms with Crippen LogP contribution in [0.2, 0.25) is 0 Å². The van der Waals surface area contributed by atoms with Crippen LogP contribution in [0.4, 0.5) is 4.39 Å². The Morgan fingerprint density at radius 2 is 2.19 bits per heavy atom. The average molecular weight is 285 g/mol. The van der Waals surface area contributed by atoms with Gasteiger partial charge in [0.25, 0.3) is 0 Å². The molecule has 1 aromatic heterocycles. The van der Waals surface area contributed by atoms with Crippen molar-refractivity contribution in [2.75, 3.05) is 13.2 Å². The van der Waals surface area contributed by atoms with Crippen molar-refractivity contribution >= 4 is 0 Å². The number of nitrogens with zero attached hydrogens (tertiary/aromatic N) is 1. The molecule has 0 unspecified atom stereocenters. The molecular weight excluding hydrogens is 269 g/mol. The third kappa shape index (κ3) is 4.90. The first-order valence-corrected chi connectivity index (χ1v) is 6.70. The van der Waals surface area contributed by atoms with E-state index in [0.29, 0.717) is 25.0 Å². The number of ether oxygens (including phenoxy) is 1. The van der Waals surface area contributed by atoms with Crippen molar-refractivity contribution in [2.24, 2.45) is 0 Å². The Hall–Kier alpha value is -2.38. The Kier molecular flexibility index (Phi) is 5.74. The molecule has 1 N–H and O–H groups in total. The molecule has 0 fully saturated rings. The van der Waals surface area contributed by atoms with Crippen LogP contribution in [-0.2, 0) is 6.42 Å². The average Bonchev–Trinajstić information content (AvgIpc) is 2.51. The van der Waals surface area contributed by atoms with Crippen molar-refractivity contribution in [3.8, 4) is 17.6 Å². The van der Waals surface area contributed by atoms with Crippen LogP contribution < -0.4 is 4.74 Å². The van der Waals surface area contributed by atoms with Crippen LogP contribution >= 0.6 is 0 Å². The SMILES string of the molecule is OCCC#Cc1ccc(F)c(OCCc2cccnc2)c1. The Balaban J connectivity index is 1.96. The van der Waals surface area contributed by atoms with Gasteiger partial charge in [0.1, 0.15) is 0 Å². The lowest BCUT2D eigenvalue weighted by molar-refractivity contribution is 0.305. The Morgan fingerprint density at radius 1 is 1.29 bits per heavy atom. The van der Waals surface area contributed by atoms with Gasteiger partial charge in [0, 0.05) is 30.8 Å². The van der Waals surface area contributed by atoms with Crippen LogP contribution in [0.1, 0.15) is 17.5 Å². The molecule has 0 aliphatic heterocycles. The van der Waals surface area contributed by atoms with Gasteiger partial charge < -0.3 is 9.84 Å². The number of pyridine rings is 1. The fourth-order valence-electron chi connectivity index (χ4n) is 1.74. The van der Waals surface area contributed by atoms with Gasteiger partial charge in [-0.1, -0.05) is 17.9 Å². The van der Waals surface area contributed by atoms with E-state index in [0.717, 1.165) is 5.56 Å². The summed E-state index contributed by atoms with van der Waals surface area (Å²) in [6.07, 6.45) is 4.53. The standard InChI is InChI=1S/C17H16FNO2/c18-16-7-6-14(4-1-2-10-20)12-17(16)21-11-8-15-5-3-9-19-13-15/h3,5-7,9,12-13,20H,2,8,10-11H2.